The van der Waals surface area contributed by atoms with Crippen LogP contribution in [0.4, 0.5) is 10.5 Å². The minimum atomic E-state index is -0.187. The van der Waals surface area contributed by atoms with Crippen LogP contribution in [0.2, 0.25) is 0 Å². The van der Waals surface area contributed by atoms with Crippen molar-refractivity contribution in [2.24, 2.45) is 0 Å². The van der Waals surface area contributed by atoms with Crippen LogP contribution < -0.4 is 10.6 Å². The van der Waals surface area contributed by atoms with E-state index in [-0.39, 0.29) is 17.8 Å². The molecule has 2 rings (SSSR count). The van der Waals surface area contributed by atoms with Crippen molar-refractivity contribution in [2.45, 2.75) is 32.7 Å². The number of anilines is 1. The Bertz CT molecular complexity index is 671. The molecule has 1 atom stereocenters. The second-order valence-corrected chi connectivity index (χ2v) is 6.91. The van der Waals surface area contributed by atoms with E-state index in [0.717, 1.165) is 33.2 Å². The van der Waals surface area contributed by atoms with Gasteiger partial charge in [0.25, 0.3) is 0 Å². The van der Waals surface area contributed by atoms with Gasteiger partial charge in [0, 0.05) is 15.3 Å². The lowest BCUT2D eigenvalue weighted by Crippen LogP contribution is -2.36. The smallest absolute Gasteiger partial charge is 0.319 e. The normalized spacial score (nSPS) is 11.8. The lowest BCUT2D eigenvalue weighted by molar-refractivity contribution is 0.248. The molecule has 0 aliphatic carbocycles. The maximum atomic E-state index is 12.1. The summed E-state index contributed by atoms with van der Waals surface area (Å²) in [6.07, 6.45) is 1.69. The number of aryl methyl sites for hydroxylation is 2. The summed E-state index contributed by atoms with van der Waals surface area (Å²) in [5.41, 5.74) is 3.02. The van der Waals surface area contributed by atoms with Gasteiger partial charge in [0.15, 0.2) is 0 Å². The maximum Gasteiger partial charge on any atom is 0.319 e. The summed E-state index contributed by atoms with van der Waals surface area (Å²) in [6.45, 7) is 3.96. The summed E-state index contributed by atoms with van der Waals surface area (Å²) in [6, 6.07) is 13.0. The third-order valence-electron chi connectivity index (χ3n) is 3.63. The van der Waals surface area contributed by atoms with Gasteiger partial charge in [-0.3, -0.25) is 0 Å². The number of halogens is 1. The number of amides is 2. The lowest BCUT2D eigenvalue weighted by atomic mass is 10.1. The number of hydrogen-bond donors (Lipinski definition) is 3. The van der Waals surface area contributed by atoms with Crippen LogP contribution in [-0.2, 0) is 6.42 Å². The number of carbonyl (C=O) groups excluding carboxylic acids is 1. The van der Waals surface area contributed by atoms with Crippen LogP contribution in [0.25, 0.3) is 0 Å². The minimum Gasteiger partial charge on any atom is -0.508 e. The van der Waals surface area contributed by atoms with Gasteiger partial charge in [0.1, 0.15) is 5.75 Å². The van der Waals surface area contributed by atoms with Crippen molar-refractivity contribution in [3.05, 3.63) is 57.2 Å². The lowest BCUT2D eigenvalue weighted by Gasteiger charge is -2.16. The molecule has 122 valence electrons. The van der Waals surface area contributed by atoms with Crippen molar-refractivity contribution < 1.29 is 9.90 Å². The second kappa shape index (κ2) is 8.19. The van der Waals surface area contributed by atoms with Crippen molar-refractivity contribution in [1.29, 1.82) is 0 Å². The van der Waals surface area contributed by atoms with Crippen LogP contribution in [0.3, 0.4) is 0 Å². The highest BCUT2D eigenvalue weighted by Gasteiger charge is 2.09. The molecule has 0 aliphatic heterocycles. The van der Waals surface area contributed by atoms with Gasteiger partial charge in [-0.1, -0.05) is 18.2 Å². The molecule has 0 aromatic heterocycles. The summed E-state index contributed by atoms with van der Waals surface area (Å²) in [5.74, 6) is 0.271. The Balaban J connectivity index is 1.82. The molecule has 0 fully saturated rings. The number of aromatic hydroxyl groups is 1. The number of rotatable bonds is 5. The Kier molecular flexibility index (Phi) is 6.27. The van der Waals surface area contributed by atoms with E-state index in [1.165, 1.54) is 0 Å². The zero-order valence-electron chi connectivity index (χ0n) is 13.3. The van der Waals surface area contributed by atoms with Crippen LogP contribution in [0.15, 0.2) is 42.5 Å². The number of benzene rings is 2. The third kappa shape index (κ3) is 5.74. The average Bonchev–Trinajstić information content (AvgIpc) is 2.50. The van der Waals surface area contributed by atoms with E-state index < -0.39 is 0 Å². The van der Waals surface area contributed by atoms with Gasteiger partial charge in [-0.2, -0.15) is 0 Å². The molecule has 5 heteroatoms. The van der Waals surface area contributed by atoms with Crippen molar-refractivity contribution in [1.82, 2.24) is 5.32 Å². The van der Waals surface area contributed by atoms with Gasteiger partial charge in [0.05, 0.1) is 0 Å². The van der Waals surface area contributed by atoms with Crippen molar-refractivity contribution >= 4 is 34.3 Å². The molecule has 0 heterocycles. The molecule has 0 spiro atoms. The summed E-state index contributed by atoms with van der Waals surface area (Å²) >= 11 is 2.23. The first-order chi connectivity index (χ1) is 10.9. The molecule has 2 aromatic rings. The highest BCUT2D eigenvalue weighted by atomic mass is 127. The molecule has 0 saturated carbocycles. The summed E-state index contributed by atoms with van der Waals surface area (Å²) in [7, 11) is 0. The SMILES string of the molecule is Cc1ccc(I)cc1NC(=O)N[C@@H](C)CCc1ccc(O)cc1. The fraction of sp³-hybridized carbons (Fsp3) is 0.278. The first-order valence-electron chi connectivity index (χ1n) is 7.55. The molecule has 0 saturated heterocycles. The number of carbonyl (C=O) groups is 1. The Morgan fingerprint density at radius 3 is 2.61 bits per heavy atom. The second-order valence-electron chi connectivity index (χ2n) is 5.66. The fourth-order valence-corrected chi connectivity index (χ4v) is 2.72. The van der Waals surface area contributed by atoms with Gasteiger partial charge in [-0.05, 0) is 84.7 Å². The molecule has 4 nitrogen and oxygen atoms in total. The number of phenolic OH excluding ortho intramolecular Hbond substituents is 1. The van der Waals surface area contributed by atoms with Crippen LogP contribution in [0.1, 0.15) is 24.5 Å². The third-order valence-corrected chi connectivity index (χ3v) is 4.30. The monoisotopic (exact) mass is 424 g/mol. The molecule has 3 N–H and O–H groups in total. The Labute approximate surface area is 150 Å². The summed E-state index contributed by atoms with van der Waals surface area (Å²) in [5, 5.41) is 15.1. The number of hydrogen-bond acceptors (Lipinski definition) is 2. The topological polar surface area (TPSA) is 61.4 Å². The van der Waals surface area contributed by atoms with Gasteiger partial charge in [-0.15, -0.1) is 0 Å². The zero-order chi connectivity index (χ0) is 16.8. The summed E-state index contributed by atoms with van der Waals surface area (Å²) < 4.78 is 1.09. The van der Waals surface area contributed by atoms with E-state index in [4.69, 9.17) is 0 Å². The highest BCUT2D eigenvalue weighted by molar-refractivity contribution is 14.1. The molecule has 0 unspecified atom stereocenters. The van der Waals surface area contributed by atoms with Crippen molar-refractivity contribution in [3.63, 3.8) is 0 Å². The van der Waals surface area contributed by atoms with E-state index >= 15 is 0 Å². The van der Waals surface area contributed by atoms with Crippen LogP contribution in [0, 0.1) is 10.5 Å². The molecule has 2 aromatic carbocycles. The van der Waals surface area contributed by atoms with Crippen LogP contribution in [-0.4, -0.2) is 17.2 Å². The summed E-state index contributed by atoms with van der Waals surface area (Å²) in [4.78, 5) is 12.1. The van der Waals surface area contributed by atoms with Gasteiger partial charge in [-0.25, -0.2) is 4.79 Å². The van der Waals surface area contributed by atoms with E-state index in [2.05, 4.69) is 33.2 Å². The van der Waals surface area contributed by atoms with Crippen molar-refractivity contribution in [2.75, 3.05) is 5.32 Å². The molecule has 0 radical (unpaired) electrons. The Morgan fingerprint density at radius 2 is 1.91 bits per heavy atom. The average molecular weight is 424 g/mol. The van der Waals surface area contributed by atoms with Crippen molar-refractivity contribution in [3.8, 4) is 5.75 Å². The van der Waals surface area contributed by atoms with Crippen LogP contribution in [0.5, 0.6) is 5.75 Å². The van der Waals surface area contributed by atoms with E-state index in [1.54, 1.807) is 12.1 Å². The first-order valence-corrected chi connectivity index (χ1v) is 8.63. The quantitative estimate of drug-likeness (QED) is 0.622. The number of urea groups is 1. The minimum absolute atomic E-state index is 0.0619. The van der Waals surface area contributed by atoms with Gasteiger partial charge < -0.3 is 15.7 Å². The fourth-order valence-electron chi connectivity index (χ4n) is 2.23. The molecular formula is C18H21IN2O2. The predicted octanol–water partition coefficient (Wildman–Crippen LogP) is 4.45. The van der Waals surface area contributed by atoms with E-state index in [9.17, 15) is 9.90 Å². The highest BCUT2D eigenvalue weighted by Crippen LogP contribution is 2.18. The molecule has 23 heavy (non-hydrogen) atoms. The molecule has 0 aliphatic rings. The number of nitrogens with one attached hydrogen (secondary N) is 2. The van der Waals surface area contributed by atoms with Gasteiger partial charge >= 0.3 is 6.03 Å². The largest absolute Gasteiger partial charge is 0.508 e. The maximum absolute atomic E-state index is 12.1. The van der Waals surface area contributed by atoms with Crippen LogP contribution >= 0.6 is 22.6 Å². The Morgan fingerprint density at radius 1 is 1.22 bits per heavy atom. The molecule has 0 bridgehead atoms. The molecule has 2 amide bonds. The zero-order valence-corrected chi connectivity index (χ0v) is 15.4. The number of phenols is 1. The Hall–Kier alpha value is -1.76. The van der Waals surface area contributed by atoms with Gasteiger partial charge in [0.2, 0.25) is 0 Å². The standard InChI is InChI=1S/C18H21IN2O2/c1-12-3-8-15(19)11-17(12)21-18(23)20-13(2)4-5-14-6-9-16(22)10-7-14/h3,6-11,13,22H,4-5H2,1-2H3,(H2,20,21,23)/t13-/m0/s1. The molecular weight excluding hydrogens is 403 g/mol. The first kappa shape index (κ1) is 17.6. The van der Waals surface area contributed by atoms with E-state index in [1.807, 2.05) is 44.2 Å². The van der Waals surface area contributed by atoms with E-state index in [0.29, 0.717) is 0 Å². The predicted molar refractivity (Wildman–Crippen MR) is 102 cm³/mol.